The highest BCUT2D eigenvalue weighted by molar-refractivity contribution is 7.99. The van der Waals surface area contributed by atoms with Crippen molar-refractivity contribution >= 4 is 28.8 Å². The number of rotatable bonds is 5. The van der Waals surface area contributed by atoms with Crippen LogP contribution in [0.25, 0.3) is 11.1 Å². The van der Waals surface area contributed by atoms with Crippen LogP contribution in [-0.4, -0.2) is 11.5 Å². The van der Waals surface area contributed by atoms with Gasteiger partial charge in [0.2, 0.25) is 0 Å². The molecule has 1 atom stereocenters. The van der Waals surface area contributed by atoms with Crippen molar-refractivity contribution in [3.8, 4) is 11.1 Å². The molecule has 0 N–H and O–H groups in total. The number of hydrogen-bond donors (Lipinski definition) is 0. The van der Waals surface area contributed by atoms with Crippen molar-refractivity contribution in [1.29, 1.82) is 0 Å². The zero-order valence-electron chi connectivity index (χ0n) is 13.9. The normalized spacial score (nSPS) is 16.9. The third kappa shape index (κ3) is 3.89. The summed E-state index contributed by atoms with van der Waals surface area (Å²) < 4.78 is 24.8. The first kappa shape index (κ1) is 17.4. The zero-order valence-corrected chi connectivity index (χ0v) is 15.6. The van der Waals surface area contributed by atoms with Crippen LogP contribution in [0.15, 0.2) is 75.9 Å². The number of hydrogen-bond acceptors (Lipinski definition) is 3. The standard InChI is InChI=1S/C21H17F2NS2/c22-21(23)26-17-9-7-15(8-10-17)14-3-5-16(6-4-14)18-11-12-19(24-18)20-2-1-13-25-20/h1-10,13,18,21H,11-12H2. The molecule has 1 aliphatic heterocycles. The van der Waals surface area contributed by atoms with E-state index in [0.29, 0.717) is 16.7 Å². The first-order valence-electron chi connectivity index (χ1n) is 8.45. The van der Waals surface area contributed by atoms with Crippen molar-refractivity contribution in [2.24, 2.45) is 4.99 Å². The van der Waals surface area contributed by atoms with Gasteiger partial charge in [0.05, 0.1) is 11.8 Å². The first-order valence-corrected chi connectivity index (χ1v) is 10.2. The zero-order chi connectivity index (χ0) is 17.9. The molecule has 0 fully saturated rings. The Hall–Kier alpha value is -1.98. The summed E-state index contributed by atoms with van der Waals surface area (Å²) in [6, 6.07) is 20.1. The van der Waals surface area contributed by atoms with Crippen LogP contribution in [0, 0.1) is 0 Å². The minimum atomic E-state index is -2.38. The van der Waals surface area contributed by atoms with Gasteiger partial charge in [0.15, 0.2) is 0 Å². The van der Waals surface area contributed by atoms with Crippen LogP contribution >= 0.6 is 23.1 Å². The van der Waals surface area contributed by atoms with Crippen LogP contribution in [0.1, 0.15) is 29.3 Å². The summed E-state index contributed by atoms with van der Waals surface area (Å²) in [7, 11) is 0. The van der Waals surface area contributed by atoms with Crippen LogP contribution in [-0.2, 0) is 0 Å². The summed E-state index contributed by atoms with van der Waals surface area (Å²) >= 11 is 2.32. The Labute approximate surface area is 159 Å². The topological polar surface area (TPSA) is 12.4 Å². The molecule has 5 heteroatoms. The van der Waals surface area contributed by atoms with Gasteiger partial charge in [-0.05, 0) is 53.1 Å². The second-order valence-corrected chi connectivity index (χ2v) is 8.14. The van der Waals surface area contributed by atoms with E-state index in [-0.39, 0.29) is 6.04 Å². The van der Waals surface area contributed by atoms with E-state index in [9.17, 15) is 8.78 Å². The maximum absolute atomic E-state index is 12.4. The number of aliphatic imine (C=N–C) groups is 1. The summed E-state index contributed by atoms with van der Waals surface area (Å²) in [6.45, 7) is 0. The Kier molecular flexibility index (Phi) is 5.18. The Morgan fingerprint density at radius 3 is 2.27 bits per heavy atom. The van der Waals surface area contributed by atoms with Gasteiger partial charge in [-0.15, -0.1) is 11.3 Å². The second-order valence-electron chi connectivity index (χ2n) is 6.13. The number of thiophene rings is 1. The summed E-state index contributed by atoms with van der Waals surface area (Å²) in [5.41, 5.74) is 4.55. The third-order valence-corrected chi connectivity index (χ3v) is 6.12. The number of benzene rings is 2. The minimum absolute atomic E-state index is 0.228. The lowest BCUT2D eigenvalue weighted by molar-refractivity contribution is 0.252. The lowest BCUT2D eigenvalue weighted by Gasteiger charge is -2.09. The van der Waals surface area contributed by atoms with Crippen LogP contribution in [0.5, 0.6) is 0 Å². The molecule has 0 aliphatic carbocycles. The summed E-state index contributed by atoms with van der Waals surface area (Å²) in [5, 5.41) is 2.09. The molecule has 0 saturated carbocycles. The van der Waals surface area contributed by atoms with Crippen molar-refractivity contribution in [2.45, 2.75) is 29.5 Å². The molecule has 1 unspecified atom stereocenters. The third-order valence-electron chi connectivity index (χ3n) is 4.48. The molecule has 2 heterocycles. The van der Waals surface area contributed by atoms with Gasteiger partial charge < -0.3 is 0 Å². The predicted octanol–water partition coefficient (Wildman–Crippen LogP) is 7.05. The van der Waals surface area contributed by atoms with E-state index in [4.69, 9.17) is 4.99 Å². The van der Waals surface area contributed by atoms with Gasteiger partial charge in [-0.3, -0.25) is 4.99 Å². The smallest absolute Gasteiger partial charge is 0.280 e. The van der Waals surface area contributed by atoms with E-state index in [1.165, 1.54) is 16.2 Å². The van der Waals surface area contributed by atoms with E-state index >= 15 is 0 Å². The van der Waals surface area contributed by atoms with Gasteiger partial charge in [0.25, 0.3) is 5.76 Å². The maximum Gasteiger partial charge on any atom is 0.288 e. The lowest BCUT2D eigenvalue weighted by Crippen LogP contribution is -1.91. The van der Waals surface area contributed by atoms with Crippen molar-refractivity contribution in [2.75, 3.05) is 0 Å². The highest BCUT2D eigenvalue weighted by atomic mass is 32.2. The van der Waals surface area contributed by atoms with E-state index < -0.39 is 5.76 Å². The van der Waals surface area contributed by atoms with Gasteiger partial charge in [0, 0.05) is 9.77 Å². The highest BCUT2D eigenvalue weighted by Gasteiger charge is 2.20. The number of halogens is 2. The Balaban J connectivity index is 1.49. The number of thioether (sulfide) groups is 1. The average molecular weight is 386 g/mol. The predicted molar refractivity (Wildman–Crippen MR) is 107 cm³/mol. The van der Waals surface area contributed by atoms with Crippen LogP contribution in [0.2, 0.25) is 0 Å². The van der Waals surface area contributed by atoms with Crippen molar-refractivity contribution in [3.05, 3.63) is 76.5 Å². The Morgan fingerprint density at radius 2 is 1.65 bits per heavy atom. The molecule has 0 amide bonds. The van der Waals surface area contributed by atoms with E-state index in [1.807, 2.05) is 12.1 Å². The average Bonchev–Trinajstić information content (AvgIpc) is 3.34. The fraction of sp³-hybridized carbons (Fsp3) is 0.190. The molecule has 1 aromatic heterocycles. The van der Waals surface area contributed by atoms with Crippen molar-refractivity contribution in [3.63, 3.8) is 0 Å². The van der Waals surface area contributed by atoms with Crippen molar-refractivity contribution < 1.29 is 8.78 Å². The molecule has 0 saturated heterocycles. The SMILES string of the molecule is FC(F)Sc1ccc(-c2ccc(C3CCC(c4cccs4)=N3)cc2)cc1. The van der Waals surface area contributed by atoms with E-state index in [2.05, 4.69) is 41.8 Å². The molecular weight excluding hydrogens is 368 g/mol. The Bertz CT molecular complexity index is 885. The van der Waals surface area contributed by atoms with Crippen molar-refractivity contribution in [1.82, 2.24) is 0 Å². The van der Waals surface area contributed by atoms with Gasteiger partial charge >= 0.3 is 0 Å². The molecule has 3 aromatic rings. The molecule has 132 valence electrons. The second kappa shape index (κ2) is 7.72. The molecule has 0 spiro atoms. The summed E-state index contributed by atoms with van der Waals surface area (Å²) in [5.74, 6) is -2.38. The Morgan fingerprint density at radius 1 is 0.962 bits per heavy atom. The van der Waals surface area contributed by atoms with Gasteiger partial charge in [0.1, 0.15) is 0 Å². The molecule has 0 radical (unpaired) electrons. The van der Waals surface area contributed by atoms with Gasteiger partial charge in [-0.2, -0.15) is 8.78 Å². The number of alkyl halides is 2. The maximum atomic E-state index is 12.4. The molecule has 1 aliphatic rings. The molecule has 4 rings (SSSR count). The number of nitrogens with zero attached hydrogens (tertiary/aromatic N) is 1. The highest BCUT2D eigenvalue weighted by Crippen LogP contribution is 2.33. The monoisotopic (exact) mass is 385 g/mol. The summed E-state index contributed by atoms with van der Waals surface area (Å²) in [4.78, 5) is 6.75. The lowest BCUT2D eigenvalue weighted by atomic mass is 10.00. The van der Waals surface area contributed by atoms with Crippen LogP contribution in [0.4, 0.5) is 8.78 Å². The fourth-order valence-electron chi connectivity index (χ4n) is 3.19. The van der Waals surface area contributed by atoms with Crippen LogP contribution in [0.3, 0.4) is 0 Å². The van der Waals surface area contributed by atoms with E-state index in [0.717, 1.165) is 24.0 Å². The molecule has 0 bridgehead atoms. The van der Waals surface area contributed by atoms with Crippen LogP contribution < -0.4 is 0 Å². The molecule has 2 aromatic carbocycles. The molecule has 26 heavy (non-hydrogen) atoms. The summed E-state index contributed by atoms with van der Waals surface area (Å²) in [6.07, 6.45) is 2.07. The van der Waals surface area contributed by atoms with Gasteiger partial charge in [-0.25, -0.2) is 0 Å². The largest absolute Gasteiger partial charge is 0.288 e. The first-order chi connectivity index (χ1) is 12.7. The minimum Gasteiger partial charge on any atom is -0.280 e. The quantitative estimate of drug-likeness (QED) is 0.429. The molecular formula is C21H17F2NS2. The van der Waals surface area contributed by atoms with Gasteiger partial charge in [-0.1, -0.05) is 54.2 Å². The van der Waals surface area contributed by atoms with E-state index in [1.54, 1.807) is 23.5 Å². The fourth-order valence-corrected chi connectivity index (χ4v) is 4.44. The molecule has 1 nitrogen and oxygen atoms in total.